The third-order valence-electron chi connectivity index (χ3n) is 6.93. The number of hydrogen-bond donors (Lipinski definition) is 4. The van der Waals surface area contributed by atoms with Crippen molar-refractivity contribution in [2.24, 2.45) is 9.98 Å². The van der Waals surface area contributed by atoms with E-state index in [4.69, 9.17) is 0 Å². The van der Waals surface area contributed by atoms with Gasteiger partial charge in [0.15, 0.2) is 0 Å². The van der Waals surface area contributed by atoms with Gasteiger partial charge >= 0.3 is 0 Å². The van der Waals surface area contributed by atoms with Crippen LogP contribution in [0, 0.1) is 0 Å². The fourth-order valence-electron chi connectivity index (χ4n) is 4.77. The number of benzene rings is 2. The Morgan fingerprint density at radius 2 is 1.00 bits per heavy atom. The molecule has 12 heteroatoms. The molecule has 0 spiro atoms. The fourth-order valence-corrected chi connectivity index (χ4v) is 6.60. The van der Waals surface area contributed by atoms with Crippen LogP contribution in [0.2, 0.25) is 0 Å². The number of phenols is 2. The third kappa shape index (κ3) is 7.48. The summed E-state index contributed by atoms with van der Waals surface area (Å²) < 4.78 is 67.9. The highest BCUT2D eigenvalue weighted by atomic mass is 32.2. The van der Waals surface area contributed by atoms with Crippen molar-refractivity contribution in [1.82, 2.24) is 0 Å². The van der Waals surface area contributed by atoms with Crippen LogP contribution in [-0.4, -0.2) is 60.7 Å². The highest BCUT2D eigenvalue weighted by Gasteiger charge is 2.29. The lowest BCUT2D eigenvalue weighted by molar-refractivity contribution is 0.390. The maximum atomic E-state index is 12.1. The van der Waals surface area contributed by atoms with Crippen LogP contribution in [0.25, 0.3) is 0 Å². The van der Waals surface area contributed by atoms with E-state index in [1.54, 1.807) is 41.5 Å². The van der Waals surface area contributed by atoms with E-state index in [0.29, 0.717) is 12.8 Å². The Kier molecular flexibility index (Phi) is 8.91. The zero-order valence-electron chi connectivity index (χ0n) is 23.6. The van der Waals surface area contributed by atoms with E-state index in [1.807, 2.05) is 0 Å². The summed E-state index contributed by atoms with van der Waals surface area (Å²) >= 11 is 0. The summed E-state index contributed by atoms with van der Waals surface area (Å²) in [6.07, 6.45) is 5.79. The molecule has 3 rings (SSSR count). The average Bonchev–Trinajstić information content (AvgIpc) is 2.80. The Balaban J connectivity index is 1.97. The van der Waals surface area contributed by atoms with Crippen LogP contribution in [0.15, 0.2) is 44.0 Å². The second-order valence-corrected chi connectivity index (χ2v) is 15.0. The van der Waals surface area contributed by atoms with Crippen LogP contribution in [0.5, 0.6) is 11.5 Å². The summed E-state index contributed by atoms with van der Waals surface area (Å²) in [5, 5.41) is 21.2. The highest BCUT2D eigenvalue weighted by Crippen LogP contribution is 2.35. The van der Waals surface area contributed by atoms with Crippen molar-refractivity contribution in [3.05, 3.63) is 46.5 Å². The summed E-state index contributed by atoms with van der Waals surface area (Å²) in [6, 6.07) is 4.36. The quantitative estimate of drug-likeness (QED) is 0.266. The molecule has 0 heterocycles. The standard InChI is InChI=1S/C28H38N2O8S2/c1-27(2,3)19-13-23(31)17(11-25(19)39(33,34)35)15-29-21-9-7-8-10-22(21)30-16-18-12-26(40(36,37)38)20(14-24(18)32)28(4,5)6/h11-16,21-22,31-32H,7-10H2,1-6H3,(H,33,34,35)(H,36,37,38)/t21-,22-/m1/s1. The smallest absolute Gasteiger partial charge is 0.294 e. The Morgan fingerprint density at radius 1 is 0.675 bits per heavy atom. The van der Waals surface area contributed by atoms with E-state index >= 15 is 0 Å². The average molecular weight is 595 g/mol. The van der Waals surface area contributed by atoms with Crippen molar-refractivity contribution in [2.75, 3.05) is 0 Å². The second kappa shape index (κ2) is 11.2. The summed E-state index contributed by atoms with van der Waals surface area (Å²) in [5.74, 6) is -0.364. The Labute approximate surface area is 236 Å². The number of phenolic OH excluding ortho intramolecular Hbond substituents is 2. The zero-order valence-corrected chi connectivity index (χ0v) is 25.2. The Morgan fingerprint density at radius 3 is 1.27 bits per heavy atom. The second-order valence-electron chi connectivity index (χ2n) is 12.2. The molecule has 0 amide bonds. The molecule has 0 unspecified atom stereocenters. The number of aromatic hydroxyl groups is 2. The van der Waals surface area contributed by atoms with E-state index in [-0.39, 0.29) is 55.6 Å². The molecule has 4 N–H and O–H groups in total. The van der Waals surface area contributed by atoms with Gasteiger partial charge in [-0.2, -0.15) is 16.8 Å². The molecule has 10 nitrogen and oxygen atoms in total. The SMILES string of the molecule is CC(C)(C)c1cc(O)c(C=N[C@@H]2CCCC[C@H]2N=Cc2cc(S(=O)(=O)O)c(C(C)(C)C)cc2O)cc1S(=O)(=O)O. The lowest BCUT2D eigenvalue weighted by atomic mass is 9.86. The minimum absolute atomic E-state index is 0.127. The van der Waals surface area contributed by atoms with Gasteiger partial charge in [-0.15, -0.1) is 0 Å². The molecule has 0 aromatic heterocycles. The van der Waals surface area contributed by atoms with Crippen molar-refractivity contribution in [3.8, 4) is 11.5 Å². The van der Waals surface area contributed by atoms with Gasteiger partial charge < -0.3 is 10.2 Å². The van der Waals surface area contributed by atoms with Crippen LogP contribution < -0.4 is 0 Å². The molecule has 2 aromatic carbocycles. The molecular formula is C28H38N2O8S2. The maximum absolute atomic E-state index is 12.1. The van der Waals surface area contributed by atoms with E-state index < -0.39 is 31.1 Å². The van der Waals surface area contributed by atoms with E-state index in [9.17, 15) is 36.2 Å². The van der Waals surface area contributed by atoms with Crippen LogP contribution in [0.3, 0.4) is 0 Å². The summed E-state index contributed by atoms with van der Waals surface area (Å²) in [4.78, 5) is 8.54. The molecular weight excluding hydrogens is 556 g/mol. The number of rotatable bonds is 6. The molecule has 0 bridgehead atoms. The van der Waals surface area contributed by atoms with Crippen molar-refractivity contribution < 1.29 is 36.2 Å². The molecule has 40 heavy (non-hydrogen) atoms. The molecule has 220 valence electrons. The van der Waals surface area contributed by atoms with E-state index in [2.05, 4.69) is 9.98 Å². The monoisotopic (exact) mass is 594 g/mol. The topological polar surface area (TPSA) is 174 Å². The van der Waals surface area contributed by atoms with Gasteiger partial charge in [0.25, 0.3) is 20.2 Å². The van der Waals surface area contributed by atoms with Crippen molar-refractivity contribution in [2.45, 2.75) is 99.9 Å². The fraction of sp³-hybridized carbons (Fsp3) is 0.500. The molecule has 0 radical (unpaired) electrons. The van der Waals surface area contributed by atoms with Gasteiger partial charge in [-0.1, -0.05) is 54.4 Å². The third-order valence-corrected chi connectivity index (χ3v) is 8.72. The number of nitrogens with zero attached hydrogens (tertiary/aromatic N) is 2. The summed E-state index contributed by atoms with van der Waals surface area (Å²) in [7, 11) is -9.12. The van der Waals surface area contributed by atoms with Crippen molar-refractivity contribution in [1.29, 1.82) is 0 Å². The Hall–Kier alpha value is -2.80. The van der Waals surface area contributed by atoms with Crippen molar-refractivity contribution >= 4 is 32.7 Å². The van der Waals surface area contributed by atoms with E-state index in [0.717, 1.165) is 12.8 Å². The molecule has 1 aliphatic rings. The first kappa shape index (κ1) is 31.7. The first-order valence-electron chi connectivity index (χ1n) is 13.0. The van der Waals surface area contributed by atoms with Gasteiger partial charge in [0.05, 0.1) is 21.9 Å². The first-order valence-corrected chi connectivity index (χ1v) is 15.8. The lowest BCUT2D eigenvalue weighted by Crippen LogP contribution is -2.27. The molecule has 2 atom stereocenters. The molecule has 2 aromatic rings. The van der Waals surface area contributed by atoms with Crippen LogP contribution in [0.1, 0.15) is 89.5 Å². The highest BCUT2D eigenvalue weighted by molar-refractivity contribution is 7.86. The van der Waals surface area contributed by atoms with Gasteiger partial charge in [-0.25, -0.2) is 0 Å². The van der Waals surface area contributed by atoms with Gasteiger partial charge in [-0.05, 0) is 59.1 Å². The van der Waals surface area contributed by atoms with Gasteiger partial charge in [0.1, 0.15) is 11.5 Å². The zero-order chi connectivity index (χ0) is 30.3. The van der Waals surface area contributed by atoms with Gasteiger partial charge in [0, 0.05) is 23.6 Å². The lowest BCUT2D eigenvalue weighted by Gasteiger charge is -2.26. The molecule has 0 aliphatic heterocycles. The normalized spacial score (nSPS) is 19.5. The van der Waals surface area contributed by atoms with Crippen LogP contribution in [0.4, 0.5) is 0 Å². The number of hydrogen-bond acceptors (Lipinski definition) is 8. The summed E-state index contributed by atoms with van der Waals surface area (Å²) in [5.41, 5.74) is -0.525. The van der Waals surface area contributed by atoms with Crippen molar-refractivity contribution in [3.63, 3.8) is 0 Å². The predicted molar refractivity (Wildman–Crippen MR) is 154 cm³/mol. The van der Waals surface area contributed by atoms with Gasteiger partial charge in [-0.3, -0.25) is 19.1 Å². The van der Waals surface area contributed by atoms with Gasteiger partial charge in [0.2, 0.25) is 0 Å². The minimum Gasteiger partial charge on any atom is -0.507 e. The van der Waals surface area contributed by atoms with E-state index in [1.165, 1.54) is 36.7 Å². The molecule has 1 saturated carbocycles. The van der Waals surface area contributed by atoms with Crippen LogP contribution in [-0.2, 0) is 31.1 Å². The molecule has 0 saturated heterocycles. The number of aliphatic imine (C=N–C) groups is 2. The predicted octanol–water partition coefficient (Wildman–Crippen LogP) is 5.04. The van der Waals surface area contributed by atoms with Crippen LogP contribution >= 0.6 is 0 Å². The Bertz CT molecular complexity index is 1430. The molecule has 1 fully saturated rings. The largest absolute Gasteiger partial charge is 0.507 e. The molecule has 1 aliphatic carbocycles. The minimum atomic E-state index is -4.56. The summed E-state index contributed by atoms with van der Waals surface area (Å²) in [6.45, 7) is 10.6. The first-order chi connectivity index (χ1) is 18.2. The maximum Gasteiger partial charge on any atom is 0.294 e.